The summed E-state index contributed by atoms with van der Waals surface area (Å²) in [7, 11) is 5.18. The number of likely N-dealkylation sites (N-methyl/N-ethyl adjacent to an activating group) is 1. The normalized spacial score (nSPS) is 22.0. The summed E-state index contributed by atoms with van der Waals surface area (Å²) < 4.78 is 19.7. The first kappa shape index (κ1) is 22.2. The second-order valence-corrected chi connectivity index (χ2v) is 9.41. The zero-order valence-electron chi connectivity index (χ0n) is 19.6. The Hall–Kier alpha value is -3.59. The van der Waals surface area contributed by atoms with E-state index in [0.717, 1.165) is 10.9 Å². The summed E-state index contributed by atoms with van der Waals surface area (Å²) in [6, 6.07) is 8.61. The van der Waals surface area contributed by atoms with Crippen LogP contribution in [0.5, 0.6) is 11.5 Å². The number of nitrogens with one attached hydrogen (secondary N) is 1. The van der Waals surface area contributed by atoms with E-state index >= 15 is 0 Å². The van der Waals surface area contributed by atoms with Crippen LogP contribution in [0.25, 0.3) is 10.9 Å². The third kappa shape index (κ3) is 3.14. The Morgan fingerprint density at radius 3 is 2.71 bits per heavy atom. The minimum atomic E-state index is -1.14. The van der Waals surface area contributed by atoms with Crippen LogP contribution in [0.2, 0.25) is 0 Å². The van der Waals surface area contributed by atoms with Gasteiger partial charge in [-0.1, -0.05) is 12.1 Å². The molecule has 2 aromatic carbocycles. The fourth-order valence-corrected chi connectivity index (χ4v) is 5.21. The van der Waals surface area contributed by atoms with E-state index in [0.29, 0.717) is 23.3 Å². The molecule has 2 aliphatic rings. The van der Waals surface area contributed by atoms with Gasteiger partial charge < -0.3 is 19.7 Å². The van der Waals surface area contributed by atoms with Gasteiger partial charge in [-0.3, -0.25) is 14.6 Å². The maximum Gasteiger partial charge on any atom is 0.328 e. The molecule has 0 bridgehead atoms. The number of urea groups is 1. The predicted molar refractivity (Wildman–Crippen MR) is 124 cm³/mol. The zero-order valence-corrected chi connectivity index (χ0v) is 19.6. The van der Waals surface area contributed by atoms with Gasteiger partial charge in [0.15, 0.2) is 11.6 Å². The molecule has 8 nitrogen and oxygen atoms in total. The first-order valence-electron chi connectivity index (χ1n) is 11.1. The summed E-state index contributed by atoms with van der Waals surface area (Å²) in [6.45, 7) is 2.60. The Morgan fingerprint density at radius 1 is 1.26 bits per heavy atom. The van der Waals surface area contributed by atoms with Gasteiger partial charge in [-0.05, 0) is 50.3 Å². The highest BCUT2D eigenvalue weighted by Crippen LogP contribution is 2.49. The van der Waals surface area contributed by atoms with Gasteiger partial charge in [-0.15, -0.1) is 0 Å². The highest BCUT2D eigenvalue weighted by atomic mass is 19.1. The number of methoxy groups -OCH3 is 1. The molecule has 5 rings (SSSR count). The second-order valence-electron chi connectivity index (χ2n) is 9.41. The molecular formula is C25H27FN4O4. The summed E-state index contributed by atoms with van der Waals surface area (Å²) in [4.78, 5) is 35.5. The van der Waals surface area contributed by atoms with E-state index in [2.05, 4.69) is 4.98 Å². The third-order valence-electron chi connectivity index (χ3n) is 6.90. The molecule has 1 aromatic heterocycles. The minimum Gasteiger partial charge on any atom is -0.508 e. The van der Waals surface area contributed by atoms with Gasteiger partial charge in [0.1, 0.15) is 17.3 Å². The number of imide groups is 1. The van der Waals surface area contributed by atoms with Gasteiger partial charge in [-0.2, -0.15) is 0 Å². The van der Waals surface area contributed by atoms with Gasteiger partial charge in [0.25, 0.3) is 5.91 Å². The third-order valence-corrected chi connectivity index (χ3v) is 6.90. The van der Waals surface area contributed by atoms with Crippen LogP contribution in [0.1, 0.15) is 29.8 Å². The molecule has 178 valence electrons. The number of phenolic OH excluding ortho intramolecular Hbond substituents is 1. The lowest BCUT2D eigenvalue weighted by Crippen LogP contribution is -2.53. The first-order chi connectivity index (χ1) is 16.2. The molecule has 3 aromatic rings. The fourth-order valence-electron chi connectivity index (χ4n) is 5.21. The molecule has 0 radical (unpaired) electrons. The van der Waals surface area contributed by atoms with Crippen LogP contribution in [0.15, 0.2) is 36.4 Å². The number of rotatable bonds is 5. The number of halogens is 1. The molecule has 2 N–H and O–H groups in total. The van der Waals surface area contributed by atoms with Crippen LogP contribution < -0.4 is 4.74 Å². The summed E-state index contributed by atoms with van der Waals surface area (Å²) in [6.07, 6.45) is 0.273. The van der Waals surface area contributed by atoms with E-state index in [1.165, 1.54) is 18.1 Å². The van der Waals surface area contributed by atoms with Crippen molar-refractivity contribution < 1.29 is 23.8 Å². The molecule has 0 aliphatic carbocycles. The molecule has 34 heavy (non-hydrogen) atoms. The average molecular weight is 467 g/mol. The number of hydrogen-bond donors (Lipinski definition) is 2. The van der Waals surface area contributed by atoms with Crippen LogP contribution in [-0.2, 0) is 11.2 Å². The maximum absolute atomic E-state index is 14.5. The van der Waals surface area contributed by atoms with E-state index in [1.807, 2.05) is 25.1 Å². The van der Waals surface area contributed by atoms with Crippen molar-refractivity contribution in [3.05, 3.63) is 59.0 Å². The molecule has 3 amide bonds. The first-order valence-corrected chi connectivity index (χ1v) is 11.1. The number of aromatic amines is 1. The number of benzene rings is 2. The number of nitrogens with zero attached hydrogens (tertiary/aromatic N) is 3. The van der Waals surface area contributed by atoms with Gasteiger partial charge in [-0.25, -0.2) is 9.18 Å². The van der Waals surface area contributed by atoms with Crippen molar-refractivity contribution in [3.63, 3.8) is 0 Å². The van der Waals surface area contributed by atoms with Crippen molar-refractivity contribution in [2.75, 3.05) is 34.3 Å². The molecular weight excluding hydrogens is 439 g/mol. The summed E-state index contributed by atoms with van der Waals surface area (Å²) in [5.41, 5.74) is 1.60. The molecule has 0 saturated carbocycles. The van der Waals surface area contributed by atoms with E-state index in [-0.39, 0.29) is 36.4 Å². The summed E-state index contributed by atoms with van der Waals surface area (Å²) in [5.74, 6) is -0.607. The number of hydrogen-bond acceptors (Lipinski definition) is 5. The lowest BCUT2D eigenvalue weighted by Gasteiger charge is -2.42. The number of amides is 3. The van der Waals surface area contributed by atoms with Crippen LogP contribution in [0.3, 0.4) is 0 Å². The quantitative estimate of drug-likeness (QED) is 0.564. The number of aromatic hydroxyl groups is 1. The number of aromatic nitrogens is 1. The smallest absolute Gasteiger partial charge is 0.328 e. The molecule has 3 heterocycles. The van der Waals surface area contributed by atoms with Crippen LogP contribution >= 0.6 is 0 Å². The van der Waals surface area contributed by atoms with Crippen LogP contribution in [-0.4, -0.2) is 76.6 Å². The number of carbonyl (C=O) groups is 2. The van der Waals surface area contributed by atoms with Crippen LogP contribution in [0, 0.1) is 5.82 Å². The van der Waals surface area contributed by atoms with Crippen molar-refractivity contribution in [3.8, 4) is 11.5 Å². The van der Waals surface area contributed by atoms with Crippen molar-refractivity contribution in [1.82, 2.24) is 19.7 Å². The number of H-pyrrole nitrogens is 1. The molecule has 0 spiro atoms. The van der Waals surface area contributed by atoms with Gasteiger partial charge in [0.2, 0.25) is 0 Å². The van der Waals surface area contributed by atoms with E-state index in [4.69, 9.17) is 4.74 Å². The van der Waals surface area contributed by atoms with Gasteiger partial charge in [0, 0.05) is 42.2 Å². The molecule has 2 unspecified atom stereocenters. The van der Waals surface area contributed by atoms with Crippen molar-refractivity contribution >= 4 is 22.8 Å². The van der Waals surface area contributed by atoms with Gasteiger partial charge in [0.05, 0.1) is 7.11 Å². The highest BCUT2D eigenvalue weighted by molar-refractivity contribution is 6.08. The number of fused-ring (bicyclic) bond motifs is 4. The van der Waals surface area contributed by atoms with Crippen molar-refractivity contribution in [1.29, 1.82) is 0 Å². The number of ether oxygens (including phenoxy) is 1. The Morgan fingerprint density at radius 2 is 2.03 bits per heavy atom. The number of carbonyl (C=O) groups excluding carboxylic acids is 2. The summed E-state index contributed by atoms with van der Waals surface area (Å²) in [5, 5.41) is 10.9. The topological polar surface area (TPSA) is 89.1 Å². The second kappa shape index (κ2) is 7.73. The lowest BCUT2D eigenvalue weighted by atomic mass is 9.81. The Balaban J connectivity index is 1.73. The summed E-state index contributed by atoms with van der Waals surface area (Å²) >= 11 is 0. The SMILES string of the molecule is COc1cc2c3c([nH]c2cc1F)C(c1cccc(O)c1)N1C(=O)N(CCN(C)C)C(=O)C1(C)C3. The average Bonchev–Trinajstić information content (AvgIpc) is 3.21. The zero-order chi connectivity index (χ0) is 24.4. The van der Waals surface area contributed by atoms with E-state index in [1.54, 1.807) is 36.1 Å². The largest absolute Gasteiger partial charge is 0.508 e. The Bertz CT molecular complexity index is 1320. The van der Waals surface area contributed by atoms with Crippen molar-refractivity contribution in [2.45, 2.75) is 24.9 Å². The standard InChI is InChI=1S/C25H27FN4O4/c1-25-13-17-16-11-20(34-4)18(26)12-19(16)27-21(17)22(14-6-5-7-15(31)10-14)30(25)24(33)29(23(25)32)9-8-28(2)3/h5-7,10-12,22,27,31H,8-9,13H2,1-4H3. The molecule has 1 fully saturated rings. The van der Waals surface area contributed by atoms with Gasteiger partial charge >= 0.3 is 6.03 Å². The fraction of sp³-hybridized carbons (Fsp3) is 0.360. The number of phenols is 1. The predicted octanol–water partition coefficient (Wildman–Crippen LogP) is 3.25. The van der Waals surface area contributed by atoms with E-state index < -0.39 is 17.4 Å². The molecule has 1 saturated heterocycles. The molecule has 2 aliphatic heterocycles. The minimum absolute atomic E-state index is 0.0533. The monoisotopic (exact) mass is 466 g/mol. The molecule has 9 heteroatoms. The van der Waals surface area contributed by atoms with Crippen molar-refractivity contribution in [2.24, 2.45) is 0 Å². The van der Waals surface area contributed by atoms with E-state index in [9.17, 15) is 19.1 Å². The lowest BCUT2D eigenvalue weighted by molar-refractivity contribution is -0.133. The van der Waals surface area contributed by atoms with Crippen LogP contribution in [0.4, 0.5) is 9.18 Å². The molecule has 2 atom stereocenters. The Labute approximate surface area is 196 Å². The highest BCUT2D eigenvalue weighted by Gasteiger charge is 2.60. The maximum atomic E-state index is 14.5. The Kier molecular flexibility index (Phi) is 5.05.